The first kappa shape index (κ1) is 30.7. The van der Waals surface area contributed by atoms with Gasteiger partial charge in [-0.2, -0.15) is 19.0 Å². The van der Waals surface area contributed by atoms with Crippen LogP contribution in [0.1, 0.15) is 34.9 Å². The number of likely N-dealkylation sites (tertiary alicyclic amines) is 1. The lowest BCUT2D eigenvalue weighted by atomic mass is 10.1. The number of halogens is 2. The number of carbonyl (C=O) groups is 1. The van der Waals surface area contributed by atoms with Crippen molar-refractivity contribution in [3.63, 3.8) is 0 Å². The molecule has 14 heteroatoms. The van der Waals surface area contributed by atoms with E-state index in [2.05, 4.69) is 32.7 Å². The van der Waals surface area contributed by atoms with Crippen LogP contribution >= 0.6 is 0 Å². The molecule has 2 atom stereocenters. The minimum absolute atomic E-state index is 0.109. The van der Waals surface area contributed by atoms with E-state index in [-0.39, 0.29) is 34.7 Å². The minimum Gasteiger partial charge on any atom is -0.457 e. The molecule has 2 aliphatic heterocycles. The van der Waals surface area contributed by atoms with Gasteiger partial charge in [-0.1, -0.05) is 12.1 Å². The number of morpholine rings is 1. The second kappa shape index (κ2) is 13.4. The lowest BCUT2D eigenvalue weighted by molar-refractivity contribution is -0.0494. The highest BCUT2D eigenvalue weighted by Crippen LogP contribution is 2.39. The summed E-state index contributed by atoms with van der Waals surface area (Å²) in [5.74, 6) is 0.335. The Balaban J connectivity index is 1.25. The molecule has 5 heterocycles. The largest absolute Gasteiger partial charge is 0.457 e. The average molecular weight is 645 g/mol. The molecule has 2 aliphatic rings. The fraction of sp³-hybridized carbons (Fsp3) is 0.333. The van der Waals surface area contributed by atoms with Crippen LogP contribution < -0.4 is 20.1 Å². The Bertz CT molecular complexity index is 1870. The zero-order valence-corrected chi connectivity index (χ0v) is 25.7. The molecule has 2 N–H and O–H groups in total. The summed E-state index contributed by atoms with van der Waals surface area (Å²) in [6, 6.07) is 14.1. The zero-order chi connectivity index (χ0) is 32.3. The van der Waals surface area contributed by atoms with E-state index < -0.39 is 12.5 Å². The number of nitrogens with one attached hydrogen (secondary N) is 2. The Morgan fingerprint density at radius 2 is 2.09 bits per heavy atom. The van der Waals surface area contributed by atoms with Crippen molar-refractivity contribution in [2.24, 2.45) is 0 Å². The SMILES string of the molecule is CN1CCC[C@H]1Cn1cc(NC(=O)c2cnn3cccnc23)c(-c2cc(Oc3cccc(C4CNCCO4)c3)ccc2OC(F)F)n1. The van der Waals surface area contributed by atoms with Crippen LogP contribution in [0.2, 0.25) is 0 Å². The summed E-state index contributed by atoms with van der Waals surface area (Å²) in [4.78, 5) is 20.1. The third-order valence-electron chi connectivity index (χ3n) is 8.42. The third kappa shape index (κ3) is 6.80. The molecule has 3 aromatic heterocycles. The molecule has 0 spiro atoms. The van der Waals surface area contributed by atoms with Crippen molar-refractivity contribution < 1.29 is 27.8 Å². The molecule has 2 saturated heterocycles. The van der Waals surface area contributed by atoms with Crippen LogP contribution in [0.5, 0.6) is 17.2 Å². The monoisotopic (exact) mass is 644 g/mol. The first-order chi connectivity index (χ1) is 22.9. The number of nitrogens with zero attached hydrogens (tertiary/aromatic N) is 6. The predicted molar refractivity (Wildman–Crippen MR) is 169 cm³/mol. The van der Waals surface area contributed by atoms with Gasteiger partial charge in [0.25, 0.3) is 5.91 Å². The van der Waals surface area contributed by atoms with E-state index in [4.69, 9.17) is 19.3 Å². The van der Waals surface area contributed by atoms with Crippen molar-refractivity contribution in [3.05, 3.63) is 84.4 Å². The zero-order valence-electron chi connectivity index (χ0n) is 25.7. The fourth-order valence-electron chi connectivity index (χ4n) is 6.06. The van der Waals surface area contributed by atoms with Crippen molar-refractivity contribution in [2.75, 3.05) is 38.6 Å². The number of rotatable bonds is 10. The van der Waals surface area contributed by atoms with Crippen molar-refractivity contribution in [1.29, 1.82) is 0 Å². The summed E-state index contributed by atoms with van der Waals surface area (Å²) in [6.07, 6.45) is 8.35. The van der Waals surface area contributed by atoms with Crippen molar-refractivity contribution in [1.82, 2.24) is 34.6 Å². The molecule has 0 radical (unpaired) electrons. The molecule has 2 aromatic carbocycles. The summed E-state index contributed by atoms with van der Waals surface area (Å²) in [6.45, 7) is 0.532. The van der Waals surface area contributed by atoms with Gasteiger partial charge >= 0.3 is 6.61 Å². The fourth-order valence-corrected chi connectivity index (χ4v) is 6.06. The number of benzene rings is 2. The summed E-state index contributed by atoms with van der Waals surface area (Å²) in [5.41, 5.74) is 2.37. The number of likely N-dealkylation sites (N-methyl/N-ethyl adjacent to an activating group) is 1. The number of aromatic nitrogens is 5. The molecule has 244 valence electrons. The number of amides is 1. The molecule has 1 amide bonds. The number of carbonyl (C=O) groups excluding carboxylic acids is 1. The lowest BCUT2D eigenvalue weighted by Gasteiger charge is -2.24. The van der Waals surface area contributed by atoms with E-state index in [9.17, 15) is 13.6 Å². The van der Waals surface area contributed by atoms with Gasteiger partial charge in [0, 0.05) is 37.7 Å². The molecule has 0 saturated carbocycles. The second-order valence-electron chi connectivity index (χ2n) is 11.6. The number of hydrogen-bond acceptors (Lipinski definition) is 9. The lowest BCUT2D eigenvalue weighted by Crippen LogP contribution is -2.33. The van der Waals surface area contributed by atoms with Crippen LogP contribution in [0.4, 0.5) is 14.5 Å². The highest BCUT2D eigenvalue weighted by atomic mass is 19.3. The Labute approximate surface area is 269 Å². The van der Waals surface area contributed by atoms with Crippen molar-refractivity contribution in [3.8, 4) is 28.5 Å². The van der Waals surface area contributed by atoms with Crippen LogP contribution in [0.15, 0.2) is 73.3 Å². The van der Waals surface area contributed by atoms with Gasteiger partial charge in [-0.25, -0.2) is 9.50 Å². The van der Waals surface area contributed by atoms with E-state index in [1.165, 1.54) is 16.8 Å². The molecule has 7 rings (SSSR count). The molecule has 12 nitrogen and oxygen atoms in total. The molecule has 47 heavy (non-hydrogen) atoms. The van der Waals surface area contributed by atoms with Gasteiger partial charge < -0.3 is 29.7 Å². The molecule has 1 unspecified atom stereocenters. The summed E-state index contributed by atoms with van der Waals surface area (Å²) in [7, 11) is 2.06. The van der Waals surface area contributed by atoms with Gasteiger partial charge in [0.15, 0.2) is 5.65 Å². The van der Waals surface area contributed by atoms with Crippen molar-refractivity contribution >= 4 is 17.2 Å². The van der Waals surface area contributed by atoms with E-state index in [1.807, 2.05) is 24.3 Å². The third-order valence-corrected chi connectivity index (χ3v) is 8.42. The standard InChI is InChI=1S/C33H34F2N8O4/c1-41-12-3-6-22(41)19-42-20-27(39-32(44)26-17-38-43-13-4-10-37-31(26)43)30(40-42)25-16-24(8-9-28(25)47-33(34)35)46-23-7-2-5-21(15-23)29-18-36-11-14-45-29/h2,4-5,7-10,13,15-17,20,22,29,33,36H,3,6,11-12,14,18-19H2,1H3,(H,39,44)/t22-,29?/m0/s1. The molecular formula is C33H34F2N8O4. The summed E-state index contributed by atoms with van der Waals surface area (Å²) in [5, 5.41) is 15.3. The van der Waals surface area contributed by atoms with E-state index in [1.54, 1.807) is 41.5 Å². The number of ether oxygens (including phenoxy) is 3. The van der Waals surface area contributed by atoms with Gasteiger partial charge in [0.05, 0.1) is 36.7 Å². The first-order valence-electron chi connectivity index (χ1n) is 15.5. The number of anilines is 1. The maximum atomic E-state index is 13.7. The smallest absolute Gasteiger partial charge is 0.387 e. The maximum Gasteiger partial charge on any atom is 0.387 e. The van der Waals surface area contributed by atoms with Gasteiger partial charge in [-0.15, -0.1) is 0 Å². The van der Waals surface area contributed by atoms with Gasteiger partial charge in [0.2, 0.25) is 0 Å². The molecule has 0 bridgehead atoms. The molecule has 0 aliphatic carbocycles. The Kier molecular flexibility index (Phi) is 8.78. The molecule has 5 aromatic rings. The number of alkyl halides is 2. The van der Waals surface area contributed by atoms with E-state index in [0.717, 1.165) is 31.5 Å². The highest BCUT2D eigenvalue weighted by molar-refractivity contribution is 6.09. The van der Waals surface area contributed by atoms with Crippen LogP contribution in [0.25, 0.3) is 16.9 Å². The normalized spacial score (nSPS) is 18.6. The number of fused-ring (bicyclic) bond motifs is 1. The van der Waals surface area contributed by atoms with Gasteiger partial charge in [-0.05, 0) is 68.4 Å². The number of hydrogen-bond donors (Lipinski definition) is 2. The Morgan fingerprint density at radius 3 is 2.89 bits per heavy atom. The molecular weight excluding hydrogens is 610 g/mol. The maximum absolute atomic E-state index is 13.7. The van der Waals surface area contributed by atoms with Gasteiger partial charge in [-0.3, -0.25) is 9.48 Å². The first-order valence-corrected chi connectivity index (χ1v) is 15.5. The van der Waals surface area contributed by atoms with E-state index >= 15 is 0 Å². The quantitative estimate of drug-likeness (QED) is 0.217. The Hall–Kier alpha value is -4.92. The van der Waals surface area contributed by atoms with E-state index in [0.29, 0.717) is 42.5 Å². The van der Waals surface area contributed by atoms with Crippen LogP contribution in [0, 0.1) is 0 Å². The highest BCUT2D eigenvalue weighted by Gasteiger charge is 2.26. The minimum atomic E-state index is -3.08. The molecule has 2 fully saturated rings. The van der Waals surface area contributed by atoms with Crippen molar-refractivity contribution in [2.45, 2.75) is 38.1 Å². The predicted octanol–water partition coefficient (Wildman–Crippen LogP) is 4.99. The second-order valence-corrected chi connectivity index (χ2v) is 11.6. The average Bonchev–Trinajstić information content (AvgIpc) is 3.81. The Morgan fingerprint density at radius 1 is 1.19 bits per heavy atom. The summed E-state index contributed by atoms with van der Waals surface area (Å²) >= 11 is 0. The summed E-state index contributed by atoms with van der Waals surface area (Å²) < 4.78 is 47.6. The van der Waals surface area contributed by atoms with Crippen LogP contribution in [0.3, 0.4) is 0 Å². The van der Waals surface area contributed by atoms with Crippen LogP contribution in [-0.2, 0) is 11.3 Å². The topological polar surface area (TPSA) is 120 Å². The van der Waals surface area contributed by atoms with Crippen LogP contribution in [-0.4, -0.2) is 81.1 Å². The van der Waals surface area contributed by atoms with Gasteiger partial charge in [0.1, 0.15) is 28.5 Å².